The molecule has 0 aliphatic rings. The van der Waals surface area contributed by atoms with Crippen molar-refractivity contribution in [3.05, 3.63) is 59.0 Å². The molecule has 3 aromatic rings. The molecule has 0 spiro atoms. The van der Waals surface area contributed by atoms with Crippen molar-refractivity contribution in [2.75, 3.05) is 7.05 Å². The molecule has 1 aromatic carbocycles. The molecule has 1 unspecified atom stereocenters. The number of benzene rings is 1. The number of aromatic nitrogens is 3. The lowest BCUT2D eigenvalue weighted by Gasteiger charge is -2.24. The van der Waals surface area contributed by atoms with Crippen molar-refractivity contribution in [2.45, 2.75) is 17.2 Å². The van der Waals surface area contributed by atoms with Crippen molar-refractivity contribution in [1.82, 2.24) is 19.1 Å². The summed E-state index contributed by atoms with van der Waals surface area (Å²) in [6.45, 7) is 1.84. The molecule has 126 valence electrons. The highest BCUT2D eigenvalue weighted by Gasteiger charge is 2.27. The highest BCUT2D eigenvalue weighted by molar-refractivity contribution is 7.91. The molecule has 0 aliphatic heterocycles. The standard InChI is InChI=1S/C15H15ClN4O2S2/c1-11(19(2)24(21,22)15-8-7-14(16)23-15)12-3-5-13(6-4-12)20-10-17-9-18-20/h3-11H,1-2H3. The number of sulfonamides is 1. The first-order valence-corrected chi connectivity index (χ1v) is 9.71. The first kappa shape index (κ1) is 17.1. The molecule has 9 heteroatoms. The molecular formula is C15H15ClN4O2S2. The Balaban J connectivity index is 1.84. The third-order valence-corrected chi connectivity index (χ3v) is 7.41. The summed E-state index contributed by atoms with van der Waals surface area (Å²) in [6, 6.07) is 10.3. The van der Waals surface area contributed by atoms with Crippen LogP contribution in [-0.4, -0.2) is 34.5 Å². The van der Waals surface area contributed by atoms with Gasteiger partial charge < -0.3 is 0 Å². The first-order valence-electron chi connectivity index (χ1n) is 7.08. The molecule has 0 aliphatic carbocycles. The predicted molar refractivity (Wildman–Crippen MR) is 94.1 cm³/mol. The van der Waals surface area contributed by atoms with E-state index in [9.17, 15) is 8.42 Å². The quantitative estimate of drug-likeness (QED) is 0.678. The zero-order chi connectivity index (χ0) is 17.3. The van der Waals surface area contributed by atoms with Gasteiger partial charge in [-0.15, -0.1) is 11.3 Å². The van der Waals surface area contributed by atoms with Gasteiger partial charge in [0.05, 0.1) is 10.0 Å². The van der Waals surface area contributed by atoms with E-state index in [4.69, 9.17) is 11.6 Å². The highest BCUT2D eigenvalue weighted by Crippen LogP contribution is 2.31. The number of hydrogen-bond donors (Lipinski definition) is 0. The van der Waals surface area contributed by atoms with Gasteiger partial charge in [0.2, 0.25) is 0 Å². The lowest BCUT2D eigenvalue weighted by Crippen LogP contribution is -2.29. The van der Waals surface area contributed by atoms with E-state index in [-0.39, 0.29) is 10.3 Å². The van der Waals surface area contributed by atoms with E-state index in [1.54, 1.807) is 24.1 Å². The molecule has 0 saturated heterocycles. The lowest BCUT2D eigenvalue weighted by atomic mass is 10.1. The Morgan fingerprint density at radius 3 is 2.46 bits per heavy atom. The maximum absolute atomic E-state index is 12.7. The summed E-state index contributed by atoms with van der Waals surface area (Å²) in [4.78, 5) is 3.91. The van der Waals surface area contributed by atoms with Gasteiger partial charge >= 0.3 is 0 Å². The summed E-state index contributed by atoms with van der Waals surface area (Å²) in [6.07, 6.45) is 3.07. The van der Waals surface area contributed by atoms with Gasteiger partial charge in [-0.25, -0.2) is 18.1 Å². The zero-order valence-corrected chi connectivity index (χ0v) is 15.4. The minimum Gasteiger partial charge on any atom is -0.223 e. The van der Waals surface area contributed by atoms with E-state index >= 15 is 0 Å². The van der Waals surface area contributed by atoms with Crippen molar-refractivity contribution in [3.8, 4) is 5.69 Å². The summed E-state index contributed by atoms with van der Waals surface area (Å²) in [5.74, 6) is 0. The maximum Gasteiger partial charge on any atom is 0.252 e. The average Bonchev–Trinajstić information content (AvgIpc) is 3.25. The molecule has 0 saturated carbocycles. The molecule has 1 atom stereocenters. The van der Waals surface area contributed by atoms with Gasteiger partial charge in [0.15, 0.2) is 0 Å². The van der Waals surface area contributed by atoms with Crippen LogP contribution in [0.5, 0.6) is 0 Å². The average molecular weight is 383 g/mol. The van der Waals surface area contributed by atoms with Crippen LogP contribution in [0, 0.1) is 0 Å². The van der Waals surface area contributed by atoms with E-state index in [2.05, 4.69) is 10.1 Å². The van der Waals surface area contributed by atoms with Crippen molar-refractivity contribution in [1.29, 1.82) is 0 Å². The van der Waals surface area contributed by atoms with E-state index in [0.717, 1.165) is 22.6 Å². The second-order valence-electron chi connectivity index (χ2n) is 5.19. The topological polar surface area (TPSA) is 68.1 Å². The summed E-state index contributed by atoms with van der Waals surface area (Å²) < 4.78 is 29.0. The van der Waals surface area contributed by atoms with E-state index in [1.807, 2.05) is 31.2 Å². The van der Waals surface area contributed by atoms with Gasteiger partial charge in [-0.2, -0.15) is 9.40 Å². The van der Waals surface area contributed by atoms with Crippen LogP contribution in [0.25, 0.3) is 5.69 Å². The Hall–Kier alpha value is -1.74. The Kier molecular flexibility index (Phi) is 4.73. The van der Waals surface area contributed by atoms with Crippen LogP contribution in [0.1, 0.15) is 18.5 Å². The van der Waals surface area contributed by atoms with Crippen LogP contribution in [0.2, 0.25) is 4.34 Å². The van der Waals surface area contributed by atoms with Crippen LogP contribution in [-0.2, 0) is 10.0 Å². The van der Waals surface area contributed by atoms with Crippen LogP contribution in [0.4, 0.5) is 0 Å². The van der Waals surface area contributed by atoms with Gasteiger partial charge in [-0.1, -0.05) is 23.7 Å². The van der Waals surface area contributed by atoms with E-state index in [1.165, 1.54) is 16.7 Å². The lowest BCUT2D eigenvalue weighted by molar-refractivity contribution is 0.399. The van der Waals surface area contributed by atoms with Crippen molar-refractivity contribution < 1.29 is 8.42 Å². The van der Waals surface area contributed by atoms with Crippen LogP contribution in [0.15, 0.2) is 53.3 Å². The predicted octanol–water partition coefficient (Wildman–Crippen LogP) is 3.36. The van der Waals surface area contributed by atoms with Crippen LogP contribution < -0.4 is 0 Å². The van der Waals surface area contributed by atoms with E-state index in [0.29, 0.717) is 4.34 Å². The third-order valence-electron chi connectivity index (χ3n) is 3.79. The van der Waals surface area contributed by atoms with Crippen LogP contribution in [0.3, 0.4) is 0 Å². The first-order chi connectivity index (χ1) is 11.4. The molecule has 2 aromatic heterocycles. The Labute approximate surface area is 149 Å². The van der Waals surface area contributed by atoms with Gasteiger partial charge in [-0.3, -0.25) is 0 Å². The third kappa shape index (κ3) is 3.23. The second-order valence-corrected chi connectivity index (χ2v) is 9.13. The maximum atomic E-state index is 12.7. The van der Waals surface area contributed by atoms with E-state index < -0.39 is 10.0 Å². The smallest absolute Gasteiger partial charge is 0.223 e. The van der Waals surface area contributed by atoms with Gasteiger partial charge in [-0.05, 0) is 36.8 Å². The fraction of sp³-hybridized carbons (Fsp3) is 0.200. The molecular weight excluding hydrogens is 368 g/mol. The minimum atomic E-state index is -3.58. The van der Waals surface area contributed by atoms with Crippen molar-refractivity contribution in [2.24, 2.45) is 0 Å². The molecule has 0 fully saturated rings. The number of halogens is 1. The summed E-state index contributed by atoms with van der Waals surface area (Å²) in [5, 5.41) is 4.07. The Bertz CT molecular complexity index is 921. The highest BCUT2D eigenvalue weighted by atomic mass is 35.5. The molecule has 0 bridgehead atoms. The Morgan fingerprint density at radius 2 is 1.92 bits per heavy atom. The van der Waals surface area contributed by atoms with Gasteiger partial charge in [0.1, 0.15) is 16.9 Å². The number of thiophene rings is 1. The van der Waals surface area contributed by atoms with Crippen molar-refractivity contribution in [3.63, 3.8) is 0 Å². The molecule has 0 N–H and O–H groups in total. The normalized spacial score (nSPS) is 13.3. The molecule has 3 rings (SSSR count). The van der Waals surface area contributed by atoms with Crippen molar-refractivity contribution >= 4 is 33.0 Å². The fourth-order valence-electron chi connectivity index (χ4n) is 2.24. The van der Waals surface area contributed by atoms with Crippen LogP contribution >= 0.6 is 22.9 Å². The van der Waals surface area contributed by atoms with Gasteiger partial charge in [0, 0.05) is 13.1 Å². The number of rotatable bonds is 5. The number of hydrogen-bond acceptors (Lipinski definition) is 5. The largest absolute Gasteiger partial charge is 0.252 e. The zero-order valence-electron chi connectivity index (χ0n) is 13.0. The molecule has 24 heavy (non-hydrogen) atoms. The molecule has 0 radical (unpaired) electrons. The fourth-order valence-corrected chi connectivity index (χ4v) is 5.26. The summed E-state index contributed by atoms with van der Waals surface area (Å²) >= 11 is 6.91. The molecule has 6 nitrogen and oxygen atoms in total. The summed E-state index contributed by atoms with van der Waals surface area (Å²) in [5.41, 5.74) is 1.74. The minimum absolute atomic E-state index is 0.237. The Morgan fingerprint density at radius 1 is 1.21 bits per heavy atom. The summed E-state index contributed by atoms with van der Waals surface area (Å²) in [7, 11) is -2.01. The van der Waals surface area contributed by atoms with Gasteiger partial charge in [0.25, 0.3) is 10.0 Å². The molecule has 0 amide bonds. The monoisotopic (exact) mass is 382 g/mol. The molecule has 2 heterocycles. The second kappa shape index (κ2) is 6.64. The number of nitrogens with zero attached hydrogens (tertiary/aromatic N) is 4. The SMILES string of the molecule is CC(c1ccc(-n2cncn2)cc1)N(C)S(=O)(=O)c1ccc(Cl)s1.